The predicted octanol–water partition coefficient (Wildman–Crippen LogP) is 0.762. The van der Waals surface area contributed by atoms with Crippen LogP contribution in [-0.4, -0.2) is 48.1 Å². The molecule has 5 heteroatoms. The average molecular weight is 235 g/mol. The zero-order valence-corrected chi connectivity index (χ0v) is 10.8. The monoisotopic (exact) mass is 235 g/mol. The number of aromatic nitrogens is 2. The fourth-order valence-corrected chi connectivity index (χ4v) is 2.19. The van der Waals surface area contributed by atoms with E-state index in [2.05, 4.69) is 33.9 Å². The van der Waals surface area contributed by atoms with Crippen LogP contribution < -0.4 is 10.6 Å². The van der Waals surface area contributed by atoms with Gasteiger partial charge in [0.2, 0.25) is 0 Å². The molecule has 0 saturated carbocycles. The molecule has 1 aliphatic heterocycles. The van der Waals surface area contributed by atoms with Gasteiger partial charge in [0, 0.05) is 31.6 Å². The first kappa shape index (κ1) is 12.1. The van der Waals surface area contributed by atoms with Gasteiger partial charge in [-0.1, -0.05) is 6.92 Å². The summed E-state index contributed by atoms with van der Waals surface area (Å²) in [6, 6.07) is 2.48. The van der Waals surface area contributed by atoms with E-state index in [1.165, 1.54) is 6.42 Å². The molecule has 0 bridgehead atoms. The van der Waals surface area contributed by atoms with Gasteiger partial charge in [-0.2, -0.15) is 0 Å². The Balaban J connectivity index is 2.15. The summed E-state index contributed by atoms with van der Waals surface area (Å²) in [6.45, 7) is 4.11. The summed E-state index contributed by atoms with van der Waals surface area (Å²) in [5, 5.41) is 0. The number of anilines is 2. The summed E-state index contributed by atoms with van der Waals surface area (Å²) in [4.78, 5) is 13.3. The van der Waals surface area contributed by atoms with Gasteiger partial charge >= 0.3 is 0 Å². The van der Waals surface area contributed by atoms with Crippen LogP contribution in [0.2, 0.25) is 0 Å². The first-order valence-corrected chi connectivity index (χ1v) is 6.15. The third-order valence-corrected chi connectivity index (χ3v) is 3.31. The molecule has 94 valence electrons. The van der Waals surface area contributed by atoms with Crippen molar-refractivity contribution in [1.29, 1.82) is 0 Å². The maximum absolute atomic E-state index is 5.81. The highest BCUT2D eigenvalue weighted by Gasteiger charge is 2.25. The van der Waals surface area contributed by atoms with Crippen molar-refractivity contribution >= 4 is 11.6 Å². The molecule has 1 fully saturated rings. The highest BCUT2D eigenvalue weighted by atomic mass is 15.3. The molecular weight excluding hydrogens is 214 g/mol. The van der Waals surface area contributed by atoms with E-state index in [4.69, 9.17) is 5.73 Å². The van der Waals surface area contributed by atoms with Crippen LogP contribution in [0.4, 0.5) is 11.6 Å². The highest BCUT2D eigenvalue weighted by Crippen LogP contribution is 2.21. The van der Waals surface area contributed by atoms with E-state index in [9.17, 15) is 0 Å². The molecule has 0 amide bonds. The van der Waals surface area contributed by atoms with E-state index < -0.39 is 0 Å². The van der Waals surface area contributed by atoms with Gasteiger partial charge in [0.15, 0.2) is 0 Å². The maximum Gasteiger partial charge on any atom is 0.134 e. The van der Waals surface area contributed by atoms with Crippen molar-refractivity contribution in [3.63, 3.8) is 0 Å². The van der Waals surface area contributed by atoms with E-state index in [1.54, 1.807) is 0 Å². The lowest BCUT2D eigenvalue weighted by molar-refractivity contribution is 0.315. The Bertz CT molecular complexity index is 390. The van der Waals surface area contributed by atoms with Crippen LogP contribution in [0.15, 0.2) is 6.07 Å². The fraction of sp³-hybridized carbons (Fsp3) is 0.667. The third kappa shape index (κ3) is 2.66. The SMILES string of the molecule is CCc1nc(N)cc(N2CCC(N(C)C)C2)n1. The van der Waals surface area contributed by atoms with Crippen LogP contribution in [0.5, 0.6) is 0 Å². The quantitative estimate of drug-likeness (QED) is 0.838. The first-order valence-electron chi connectivity index (χ1n) is 6.15. The van der Waals surface area contributed by atoms with Crippen molar-refractivity contribution in [2.75, 3.05) is 37.8 Å². The van der Waals surface area contributed by atoms with Crippen LogP contribution in [0, 0.1) is 0 Å². The molecule has 2 heterocycles. The Hall–Kier alpha value is -1.36. The van der Waals surface area contributed by atoms with Crippen molar-refractivity contribution in [1.82, 2.24) is 14.9 Å². The second kappa shape index (κ2) is 4.87. The summed E-state index contributed by atoms with van der Waals surface area (Å²) in [6.07, 6.45) is 2.00. The summed E-state index contributed by atoms with van der Waals surface area (Å²) in [5.74, 6) is 2.37. The molecule has 0 radical (unpaired) electrons. The minimum absolute atomic E-state index is 0.570. The van der Waals surface area contributed by atoms with Crippen molar-refractivity contribution in [2.45, 2.75) is 25.8 Å². The zero-order chi connectivity index (χ0) is 12.4. The Morgan fingerprint density at radius 3 is 2.82 bits per heavy atom. The van der Waals surface area contributed by atoms with Gasteiger partial charge in [-0.15, -0.1) is 0 Å². The van der Waals surface area contributed by atoms with E-state index in [1.807, 2.05) is 13.0 Å². The molecule has 1 aromatic rings. The highest BCUT2D eigenvalue weighted by molar-refractivity contribution is 5.48. The Morgan fingerprint density at radius 1 is 1.47 bits per heavy atom. The molecule has 2 N–H and O–H groups in total. The summed E-state index contributed by atoms with van der Waals surface area (Å²) in [5.41, 5.74) is 5.81. The maximum atomic E-state index is 5.81. The normalized spacial score (nSPS) is 20.2. The van der Waals surface area contributed by atoms with Crippen molar-refractivity contribution in [2.24, 2.45) is 0 Å². The number of hydrogen-bond donors (Lipinski definition) is 1. The fourth-order valence-electron chi connectivity index (χ4n) is 2.19. The molecule has 1 aromatic heterocycles. The largest absolute Gasteiger partial charge is 0.384 e. The number of aryl methyl sites for hydroxylation is 1. The van der Waals surface area contributed by atoms with Crippen LogP contribution in [0.25, 0.3) is 0 Å². The van der Waals surface area contributed by atoms with Gasteiger partial charge in [0.25, 0.3) is 0 Å². The number of nitrogen functional groups attached to an aromatic ring is 1. The predicted molar refractivity (Wildman–Crippen MR) is 70.1 cm³/mol. The zero-order valence-electron chi connectivity index (χ0n) is 10.8. The van der Waals surface area contributed by atoms with E-state index >= 15 is 0 Å². The van der Waals surface area contributed by atoms with Gasteiger partial charge < -0.3 is 15.5 Å². The number of nitrogens with zero attached hydrogens (tertiary/aromatic N) is 4. The molecular formula is C12H21N5. The lowest BCUT2D eigenvalue weighted by Gasteiger charge is -2.21. The van der Waals surface area contributed by atoms with Crippen LogP contribution >= 0.6 is 0 Å². The minimum atomic E-state index is 0.570. The molecule has 5 nitrogen and oxygen atoms in total. The molecule has 2 rings (SSSR count). The number of likely N-dealkylation sites (N-methyl/N-ethyl adjacent to an activating group) is 1. The van der Waals surface area contributed by atoms with Gasteiger partial charge in [0.1, 0.15) is 17.5 Å². The summed E-state index contributed by atoms with van der Waals surface area (Å²) in [7, 11) is 4.25. The number of rotatable bonds is 3. The Morgan fingerprint density at radius 2 is 2.24 bits per heavy atom. The lowest BCUT2D eigenvalue weighted by atomic mass is 10.2. The average Bonchev–Trinajstić information content (AvgIpc) is 2.77. The first-order chi connectivity index (χ1) is 8.10. The van der Waals surface area contributed by atoms with Gasteiger partial charge in [0.05, 0.1) is 0 Å². The van der Waals surface area contributed by atoms with E-state index in [-0.39, 0.29) is 0 Å². The van der Waals surface area contributed by atoms with Crippen molar-refractivity contribution in [3.8, 4) is 0 Å². The van der Waals surface area contributed by atoms with E-state index in [0.29, 0.717) is 11.9 Å². The van der Waals surface area contributed by atoms with Crippen LogP contribution in [0.3, 0.4) is 0 Å². The van der Waals surface area contributed by atoms with Gasteiger partial charge in [-0.05, 0) is 20.5 Å². The summed E-state index contributed by atoms with van der Waals surface area (Å²) >= 11 is 0. The smallest absolute Gasteiger partial charge is 0.134 e. The number of nitrogens with two attached hydrogens (primary N) is 1. The molecule has 0 aliphatic carbocycles. The molecule has 0 aromatic carbocycles. The van der Waals surface area contributed by atoms with Gasteiger partial charge in [-0.25, -0.2) is 9.97 Å². The molecule has 1 aliphatic rings. The second-order valence-corrected chi connectivity index (χ2v) is 4.77. The van der Waals surface area contributed by atoms with Crippen molar-refractivity contribution < 1.29 is 0 Å². The topological polar surface area (TPSA) is 58.3 Å². The second-order valence-electron chi connectivity index (χ2n) is 4.77. The molecule has 17 heavy (non-hydrogen) atoms. The standard InChI is InChI=1S/C12H21N5/c1-4-11-14-10(13)7-12(15-11)17-6-5-9(8-17)16(2)3/h7,9H,4-6,8H2,1-3H3,(H2,13,14,15). The van der Waals surface area contributed by atoms with Crippen LogP contribution in [0.1, 0.15) is 19.2 Å². The van der Waals surface area contributed by atoms with E-state index in [0.717, 1.165) is 31.2 Å². The lowest BCUT2D eigenvalue weighted by Crippen LogP contribution is -2.31. The van der Waals surface area contributed by atoms with Crippen molar-refractivity contribution in [3.05, 3.63) is 11.9 Å². The molecule has 0 spiro atoms. The molecule has 1 atom stereocenters. The molecule has 1 unspecified atom stereocenters. The summed E-state index contributed by atoms with van der Waals surface area (Å²) < 4.78 is 0. The van der Waals surface area contributed by atoms with Gasteiger partial charge in [-0.3, -0.25) is 0 Å². The Kier molecular flexibility index (Phi) is 3.47. The molecule has 1 saturated heterocycles. The third-order valence-electron chi connectivity index (χ3n) is 3.31. The van der Waals surface area contributed by atoms with Crippen LogP contribution in [-0.2, 0) is 6.42 Å². The Labute approximate surface area is 103 Å². The number of hydrogen-bond acceptors (Lipinski definition) is 5. The minimum Gasteiger partial charge on any atom is -0.384 e.